The molecule has 1 aliphatic carbocycles. The number of benzene rings is 1. The minimum absolute atomic E-state index is 0.462. The van der Waals surface area contributed by atoms with Crippen LogP contribution in [0.3, 0.4) is 0 Å². The van der Waals surface area contributed by atoms with E-state index < -0.39 is 0 Å². The van der Waals surface area contributed by atoms with E-state index in [0.717, 1.165) is 15.7 Å². The van der Waals surface area contributed by atoms with Gasteiger partial charge in [0.15, 0.2) is 0 Å². The SMILES string of the molecule is CC(C)c1nn2cc(-c3ccc4c(c3)CCCC4)nc2s1. The minimum Gasteiger partial charge on any atom is -0.217 e. The fraction of sp³-hybridized carbons (Fsp3) is 0.412. The highest BCUT2D eigenvalue weighted by Crippen LogP contribution is 2.29. The second kappa shape index (κ2) is 4.95. The van der Waals surface area contributed by atoms with Crippen molar-refractivity contribution in [3.8, 4) is 11.3 Å². The number of hydrogen-bond acceptors (Lipinski definition) is 3. The van der Waals surface area contributed by atoms with E-state index in [2.05, 4.69) is 43.3 Å². The average Bonchev–Trinajstić information content (AvgIpc) is 3.05. The van der Waals surface area contributed by atoms with Crippen LogP contribution in [-0.4, -0.2) is 14.6 Å². The first-order valence-corrected chi connectivity index (χ1v) is 8.50. The van der Waals surface area contributed by atoms with Crippen molar-refractivity contribution >= 4 is 16.3 Å². The predicted molar refractivity (Wildman–Crippen MR) is 87.0 cm³/mol. The summed E-state index contributed by atoms with van der Waals surface area (Å²) < 4.78 is 1.93. The fourth-order valence-electron chi connectivity index (χ4n) is 2.98. The molecule has 0 saturated carbocycles. The van der Waals surface area contributed by atoms with Crippen LogP contribution in [0, 0.1) is 0 Å². The van der Waals surface area contributed by atoms with E-state index in [9.17, 15) is 0 Å². The summed E-state index contributed by atoms with van der Waals surface area (Å²) in [6, 6.07) is 6.81. The molecule has 3 aromatic rings. The van der Waals surface area contributed by atoms with Gasteiger partial charge in [-0.05, 0) is 42.9 Å². The summed E-state index contributed by atoms with van der Waals surface area (Å²) in [7, 11) is 0. The van der Waals surface area contributed by atoms with E-state index in [1.807, 2.05) is 4.52 Å². The van der Waals surface area contributed by atoms with E-state index >= 15 is 0 Å². The van der Waals surface area contributed by atoms with Gasteiger partial charge in [-0.25, -0.2) is 9.50 Å². The standard InChI is InChI=1S/C17H19N3S/c1-11(2)16-19-20-10-15(18-17(20)21-16)14-8-7-12-5-3-4-6-13(12)9-14/h7-11H,3-6H2,1-2H3. The molecule has 0 unspecified atom stereocenters. The van der Waals surface area contributed by atoms with Gasteiger partial charge in [0.1, 0.15) is 5.01 Å². The summed E-state index contributed by atoms with van der Waals surface area (Å²) in [5.74, 6) is 0.462. The van der Waals surface area contributed by atoms with Crippen LogP contribution in [0.1, 0.15) is 48.7 Å². The number of fused-ring (bicyclic) bond motifs is 2. The van der Waals surface area contributed by atoms with Crippen LogP contribution in [0.4, 0.5) is 0 Å². The lowest BCUT2D eigenvalue weighted by molar-refractivity contribution is 0.686. The molecular formula is C17H19N3S. The van der Waals surface area contributed by atoms with Gasteiger partial charge in [-0.15, -0.1) is 0 Å². The van der Waals surface area contributed by atoms with Crippen LogP contribution in [0.15, 0.2) is 24.4 Å². The van der Waals surface area contributed by atoms with Gasteiger partial charge in [0.2, 0.25) is 4.96 Å². The highest BCUT2D eigenvalue weighted by atomic mass is 32.1. The first-order chi connectivity index (χ1) is 10.2. The second-order valence-electron chi connectivity index (χ2n) is 6.14. The lowest BCUT2D eigenvalue weighted by atomic mass is 9.90. The van der Waals surface area contributed by atoms with Gasteiger partial charge in [0, 0.05) is 11.5 Å². The van der Waals surface area contributed by atoms with E-state index in [4.69, 9.17) is 4.98 Å². The third-order valence-corrected chi connectivity index (χ3v) is 5.42. The fourth-order valence-corrected chi connectivity index (χ4v) is 3.86. The Morgan fingerprint density at radius 1 is 1.14 bits per heavy atom. The van der Waals surface area contributed by atoms with E-state index in [0.29, 0.717) is 5.92 Å². The summed E-state index contributed by atoms with van der Waals surface area (Å²) in [5, 5.41) is 5.77. The maximum atomic E-state index is 4.75. The number of aromatic nitrogens is 3. The van der Waals surface area contributed by atoms with Crippen molar-refractivity contribution < 1.29 is 0 Å². The van der Waals surface area contributed by atoms with Crippen LogP contribution in [0.2, 0.25) is 0 Å². The molecule has 1 aliphatic rings. The zero-order chi connectivity index (χ0) is 14.4. The molecule has 1 aromatic carbocycles. The Morgan fingerprint density at radius 3 is 2.71 bits per heavy atom. The van der Waals surface area contributed by atoms with E-state index in [1.165, 1.54) is 42.4 Å². The van der Waals surface area contributed by atoms with Crippen molar-refractivity contribution in [1.82, 2.24) is 14.6 Å². The molecule has 0 fully saturated rings. The van der Waals surface area contributed by atoms with E-state index in [1.54, 1.807) is 11.3 Å². The van der Waals surface area contributed by atoms with Gasteiger partial charge in [0.05, 0.1) is 11.9 Å². The molecule has 3 nitrogen and oxygen atoms in total. The van der Waals surface area contributed by atoms with Gasteiger partial charge < -0.3 is 0 Å². The maximum absolute atomic E-state index is 4.75. The molecule has 0 amide bonds. The Bertz CT molecular complexity index is 766. The minimum atomic E-state index is 0.462. The Hall–Kier alpha value is -1.68. The molecule has 0 aliphatic heterocycles. The summed E-state index contributed by atoms with van der Waals surface area (Å²) >= 11 is 1.69. The molecule has 0 radical (unpaired) electrons. The molecule has 0 N–H and O–H groups in total. The van der Waals surface area contributed by atoms with Crippen molar-refractivity contribution in [2.45, 2.75) is 45.4 Å². The summed E-state index contributed by atoms with van der Waals surface area (Å²) in [6.07, 6.45) is 7.14. The lowest BCUT2D eigenvalue weighted by Gasteiger charge is -2.15. The Balaban J connectivity index is 1.74. The van der Waals surface area contributed by atoms with Crippen LogP contribution in [0.5, 0.6) is 0 Å². The highest BCUT2D eigenvalue weighted by Gasteiger charge is 2.14. The first kappa shape index (κ1) is 13.0. The third kappa shape index (κ3) is 2.27. The summed E-state index contributed by atoms with van der Waals surface area (Å²) in [6.45, 7) is 4.34. The number of hydrogen-bond donors (Lipinski definition) is 0. The normalized spacial score (nSPS) is 14.8. The number of imidazole rings is 1. The smallest absolute Gasteiger partial charge is 0.212 e. The first-order valence-electron chi connectivity index (χ1n) is 7.69. The van der Waals surface area contributed by atoms with Crippen molar-refractivity contribution in [2.24, 2.45) is 0 Å². The molecule has 0 saturated heterocycles. The highest BCUT2D eigenvalue weighted by molar-refractivity contribution is 7.16. The molecule has 0 atom stereocenters. The average molecular weight is 297 g/mol. The molecule has 21 heavy (non-hydrogen) atoms. The number of rotatable bonds is 2. The summed E-state index contributed by atoms with van der Waals surface area (Å²) in [5.41, 5.74) is 5.29. The van der Waals surface area contributed by atoms with E-state index in [-0.39, 0.29) is 0 Å². The molecule has 4 heteroatoms. The molecule has 2 aromatic heterocycles. The molecule has 0 spiro atoms. The maximum Gasteiger partial charge on any atom is 0.212 e. The lowest BCUT2D eigenvalue weighted by Crippen LogP contribution is -2.02. The van der Waals surface area contributed by atoms with Crippen molar-refractivity contribution in [2.75, 3.05) is 0 Å². The monoisotopic (exact) mass is 297 g/mol. The van der Waals surface area contributed by atoms with Gasteiger partial charge in [-0.1, -0.05) is 37.3 Å². The molecule has 0 bridgehead atoms. The predicted octanol–water partition coefficient (Wildman–Crippen LogP) is 4.46. The Labute approximate surface area is 128 Å². The van der Waals surface area contributed by atoms with Gasteiger partial charge in [-0.2, -0.15) is 5.10 Å². The topological polar surface area (TPSA) is 30.2 Å². The van der Waals surface area contributed by atoms with Crippen LogP contribution >= 0.6 is 11.3 Å². The Kier molecular flexibility index (Phi) is 3.07. The second-order valence-corrected chi connectivity index (χ2v) is 7.13. The molecular weight excluding hydrogens is 278 g/mol. The third-order valence-electron chi connectivity index (χ3n) is 4.20. The largest absolute Gasteiger partial charge is 0.217 e. The van der Waals surface area contributed by atoms with Crippen molar-refractivity contribution in [3.05, 3.63) is 40.5 Å². The zero-order valence-electron chi connectivity index (χ0n) is 12.5. The van der Waals surface area contributed by atoms with Crippen molar-refractivity contribution in [3.63, 3.8) is 0 Å². The van der Waals surface area contributed by atoms with Gasteiger partial charge >= 0.3 is 0 Å². The van der Waals surface area contributed by atoms with Gasteiger partial charge in [-0.3, -0.25) is 0 Å². The zero-order valence-corrected chi connectivity index (χ0v) is 13.3. The molecule has 108 valence electrons. The van der Waals surface area contributed by atoms with Gasteiger partial charge in [0.25, 0.3) is 0 Å². The number of nitrogens with zero attached hydrogens (tertiary/aromatic N) is 3. The van der Waals surface area contributed by atoms with Crippen LogP contribution < -0.4 is 0 Å². The van der Waals surface area contributed by atoms with Crippen molar-refractivity contribution in [1.29, 1.82) is 0 Å². The molecule has 2 heterocycles. The van der Waals surface area contributed by atoms with Crippen LogP contribution in [0.25, 0.3) is 16.2 Å². The van der Waals surface area contributed by atoms with Crippen LogP contribution in [-0.2, 0) is 12.8 Å². The number of aryl methyl sites for hydroxylation is 2. The summed E-state index contributed by atoms with van der Waals surface area (Å²) in [4.78, 5) is 5.75. The quantitative estimate of drug-likeness (QED) is 0.699. The molecule has 4 rings (SSSR count). The Morgan fingerprint density at radius 2 is 1.95 bits per heavy atom.